The molecule has 2 heterocycles. The largest absolute Gasteiger partial charge is 0.463 e. The Morgan fingerprint density at radius 2 is 1.90 bits per heavy atom. The molecule has 0 bridgehead atoms. The molecule has 1 atom stereocenters. The Kier molecular flexibility index (Phi) is 10.2. The summed E-state index contributed by atoms with van der Waals surface area (Å²) in [5, 5.41) is 19.7. The molecular formula is C20H31IN4O4. The number of guanidine groups is 1. The van der Waals surface area contributed by atoms with Gasteiger partial charge in [0.05, 0.1) is 12.8 Å². The van der Waals surface area contributed by atoms with Gasteiger partial charge in [-0.2, -0.15) is 0 Å². The van der Waals surface area contributed by atoms with Crippen LogP contribution in [0.15, 0.2) is 38.3 Å². The van der Waals surface area contributed by atoms with Crippen LogP contribution in [0.4, 0.5) is 0 Å². The number of nitrogens with zero attached hydrogens (tertiary/aromatic N) is 1. The molecule has 0 saturated carbocycles. The number of aliphatic hydroxyl groups is 1. The molecule has 8 nitrogen and oxygen atoms in total. The van der Waals surface area contributed by atoms with Gasteiger partial charge in [-0.3, -0.25) is 4.79 Å². The van der Waals surface area contributed by atoms with Crippen molar-refractivity contribution in [1.82, 2.24) is 16.0 Å². The summed E-state index contributed by atoms with van der Waals surface area (Å²) >= 11 is 0. The second-order valence-corrected chi connectivity index (χ2v) is 6.85. The maximum absolute atomic E-state index is 12.0. The molecule has 9 heteroatoms. The topological polar surface area (TPSA) is 112 Å². The summed E-state index contributed by atoms with van der Waals surface area (Å²) in [5.41, 5.74) is -0.373. The van der Waals surface area contributed by atoms with Gasteiger partial charge in [-0.05, 0) is 52.3 Å². The Balaban J connectivity index is 0.00000420. The Bertz CT molecular complexity index is 798. The molecule has 0 spiro atoms. The number of nitrogens with one attached hydrogen (secondary N) is 3. The van der Waals surface area contributed by atoms with E-state index in [0.717, 1.165) is 11.3 Å². The van der Waals surface area contributed by atoms with E-state index in [4.69, 9.17) is 8.83 Å². The van der Waals surface area contributed by atoms with Gasteiger partial charge in [-0.1, -0.05) is 0 Å². The summed E-state index contributed by atoms with van der Waals surface area (Å²) in [7, 11) is 0. The lowest BCUT2D eigenvalue weighted by Gasteiger charge is -2.19. The normalized spacial score (nSPS) is 13.3. The van der Waals surface area contributed by atoms with Gasteiger partial charge < -0.3 is 29.9 Å². The summed E-state index contributed by atoms with van der Waals surface area (Å²) in [6.45, 7) is 9.28. The van der Waals surface area contributed by atoms with Crippen molar-refractivity contribution in [2.24, 2.45) is 4.99 Å². The molecule has 0 fully saturated rings. The minimum atomic E-state index is -1.19. The zero-order chi connectivity index (χ0) is 20.6. The number of amides is 1. The predicted octanol–water partition coefficient (Wildman–Crippen LogP) is 2.69. The molecule has 4 N–H and O–H groups in total. The molecule has 1 unspecified atom stereocenters. The highest BCUT2D eigenvalue weighted by atomic mass is 127. The van der Waals surface area contributed by atoms with Gasteiger partial charge in [0.2, 0.25) is 0 Å². The lowest BCUT2D eigenvalue weighted by atomic mass is 10.0. The molecule has 29 heavy (non-hydrogen) atoms. The van der Waals surface area contributed by atoms with Crippen molar-refractivity contribution in [3.8, 4) is 0 Å². The second-order valence-electron chi connectivity index (χ2n) is 6.85. The smallest absolute Gasteiger partial charge is 0.287 e. The van der Waals surface area contributed by atoms with Crippen molar-refractivity contribution in [1.29, 1.82) is 0 Å². The first kappa shape index (κ1) is 25.0. The van der Waals surface area contributed by atoms with Crippen LogP contribution in [0, 0.1) is 13.8 Å². The fourth-order valence-corrected chi connectivity index (χ4v) is 2.56. The SMILES string of the molecule is CCNC(=NCC(C)(O)c1ccc(C)o1)NCCCNC(=O)c1occc1C.I. The van der Waals surface area contributed by atoms with Crippen molar-refractivity contribution < 1.29 is 18.7 Å². The quantitative estimate of drug-likeness (QED) is 0.176. The molecule has 0 aliphatic heterocycles. The van der Waals surface area contributed by atoms with E-state index < -0.39 is 5.60 Å². The van der Waals surface area contributed by atoms with E-state index in [1.807, 2.05) is 26.8 Å². The van der Waals surface area contributed by atoms with E-state index in [0.29, 0.717) is 43.5 Å². The molecule has 0 saturated heterocycles. The highest BCUT2D eigenvalue weighted by molar-refractivity contribution is 14.0. The predicted molar refractivity (Wildman–Crippen MR) is 123 cm³/mol. The van der Waals surface area contributed by atoms with Gasteiger partial charge in [0.1, 0.15) is 17.1 Å². The first-order chi connectivity index (χ1) is 13.3. The fraction of sp³-hybridized carbons (Fsp3) is 0.500. The van der Waals surface area contributed by atoms with Crippen LogP contribution in [-0.4, -0.2) is 43.2 Å². The monoisotopic (exact) mass is 518 g/mol. The van der Waals surface area contributed by atoms with Crippen LogP contribution in [0.3, 0.4) is 0 Å². The van der Waals surface area contributed by atoms with E-state index in [9.17, 15) is 9.90 Å². The van der Waals surface area contributed by atoms with E-state index in [1.54, 1.807) is 19.1 Å². The summed E-state index contributed by atoms with van der Waals surface area (Å²) in [6.07, 6.45) is 2.22. The fourth-order valence-electron chi connectivity index (χ4n) is 2.56. The second kappa shape index (κ2) is 11.9. The highest BCUT2D eigenvalue weighted by Gasteiger charge is 2.26. The number of carbonyl (C=O) groups is 1. The van der Waals surface area contributed by atoms with Crippen molar-refractivity contribution in [3.05, 3.63) is 47.3 Å². The summed E-state index contributed by atoms with van der Waals surface area (Å²) < 4.78 is 10.7. The number of aryl methyl sites for hydroxylation is 2. The Morgan fingerprint density at radius 1 is 1.17 bits per heavy atom. The molecule has 2 aromatic rings. The van der Waals surface area contributed by atoms with Gasteiger partial charge >= 0.3 is 0 Å². The van der Waals surface area contributed by atoms with E-state index in [2.05, 4.69) is 20.9 Å². The number of furan rings is 2. The van der Waals surface area contributed by atoms with E-state index >= 15 is 0 Å². The number of rotatable bonds is 9. The molecule has 1 amide bonds. The highest BCUT2D eigenvalue weighted by Crippen LogP contribution is 2.23. The molecule has 0 aliphatic carbocycles. The maximum atomic E-state index is 12.0. The van der Waals surface area contributed by atoms with Gasteiger partial charge in [0.15, 0.2) is 11.7 Å². The van der Waals surface area contributed by atoms with Crippen LogP contribution >= 0.6 is 24.0 Å². The van der Waals surface area contributed by atoms with Crippen LogP contribution in [-0.2, 0) is 5.60 Å². The van der Waals surface area contributed by atoms with E-state index in [-0.39, 0.29) is 36.4 Å². The molecule has 2 aromatic heterocycles. The number of aliphatic imine (C=N–C) groups is 1. The average molecular weight is 518 g/mol. The molecule has 0 aliphatic rings. The summed E-state index contributed by atoms with van der Waals surface area (Å²) in [4.78, 5) is 16.4. The first-order valence-corrected chi connectivity index (χ1v) is 9.47. The van der Waals surface area contributed by atoms with Crippen molar-refractivity contribution in [3.63, 3.8) is 0 Å². The summed E-state index contributed by atoms with van der Waals surface area (Å²) in [6, 6.07) is 5.33. The van der Waals surface area contributed by atoms with Crippen LogP contribution in [0.25, 0.3) is 0 Å². The number of halogens is 1. The molecule has 0 radical (unpaired) electrons. The van der Waals surface area contributed by atoms with Crippen molar-refractivity contribution in [2.45, 2.75) is 39.7 Å². The number of carbonyl (C=O) groups excluding carboxylic acids is 1. The third-order valence-electron chi connectivity index (χ3n) is 4.16. The van der Waals surface area contributed by atoms with Crippen LogP contribution in [0.1, 0.15) is 47.9 Å². The average Bonchev–Trinajstić information content (AvgIpc) is 3.28. The lowest BCUT2D eigenvalue weighted by Crippen LogP contribution is -2.40. The van der Waals surface area contributed by atoms with Crippen molar-refractivity contribution in [2.75, 3.05) is 26.2 Å². The number of hydrogen-bond donors (Lipinski definition) is 4. The minimum Gasteiger partial charge on any atom is -0.463 e. The molecular weight excluding hydrogens is 487 g/mol. The third kappa shape index (κ3) is 7.73. The van der Waals surface area contributed by atoms with Crippen LogP contribution < -0.4 is 16.0 Å². The van der Waals surface area contributed by atoms with E-state index in [1.165, 1.54) is 6.26 Å². The van der Waals surface area contributed by atoms with Gasteiger partial charge in [-0.25, -0.2) is 4.99 Å². The summed E-state index contributed by atoms with van der Waals surface area (Å²) in [5.74, 6) is 1.96. The zero-order valence-corrected chi connectivity index (χ0v) is 19.7. The van der Waals surface area contributed by atoms with Gasteiger partial charge in [0, 0.05) is 25.2 Å². The molecule has 162 valence electrons. The van der Waals surface area contributed by atoms with Crippen LogP contribution in [0.5, 0.6) is 0 Å². The standard InChI is InChI=1S/C20H30N4O4.HI/c1-5-21-19(24-13-20(4,26)16-8-7-15(3)28-16)23-11-6-10-22-18(25)17-14(2)9-12-27-17;/h7-9,12,26H,5-6,10-11,13H2,1-4H3,(H,22,25)(H2,21,23,24);1H. The molecule has 2 rings (SSSR count). The van der Waals surface area contributed by atoms with Crippen LogP contribution in [0.2, 0.25) is 0 Å². The molecule has 0 aromatic carbocycles. The third-order valence-corrected chi connectivity index (χ3v) is 4.16. The van der Waals surface area contributed by atoms with Gasteiger partial charge in [0.25, 0.3) is 5.91 Å². The van der Waals surface area contributed by atoms with Gasteiger partial charge in [-0.15, -0.1) is 24.0 Å². The maximum Gasteiger partial charge on any atom is 0.287 e. The zero-order valence-electron chi connectivity index (χ0n) is 17.4. The minimum absolute atomic E-state index is 0. The lowest BCUT2D eigenvalue weighted by molar-refractivity contribution is 0.0428. The first-order valence-electron chi connectivity index (χ1n) is 9.47. The Morgan fingerprint density at radius 3 is 2.48 bits per heavy atom. The van der Waals surface area contributed by atoms with Crippen molar-refractivity contribution >= 4 is 35.8 Å². The number of hydrogen-bond acceptors (Lipinski definition) is 5. The Hall–Kier alpha value is -2.01. The Labute approximate surface area is 188 Å².